The van der Waals surface area contributed by atoms with E-state index < -0.39 is 0 Å². The standard InChI is InChI=1S/C23H34N6S/c1-24-23(27-20-10-14-29(15-11-20)22-7-6-16-30-22)26-18-19-8-9-21(25-17-19)28-12-4-2-3-5-13-28/h6-9,16-17,20H,2-5,10-15,18H2,1H3,(H2,24,26,27). The molecule has 0 saturated carbocycles. The molecule has 2 fully saturated rings. The zero-order valence-electron chi connectivity index (χ0n) is 18.0. The van der Waals surface area contributed by atoms with Gasteiger partial charge in [-0.15, -0.1) is 11.3 Å². The number of rotatable bonds is 5. The first-order valence-electron chi connectivity index (χ1n) is 11.3. The monoisotopic (exact) mass is 426 g/mol. The first-order valence-corrected chi connectivity index (χ1v) is 12.2. The van der Waals surface area contributed by atoms with Gasteiger partial charge in [0.15, 0.2) is 5.96 Å². The summed E-state index contributed by atoms with van der Waals surface area (Å²) in [6.45, 7) is 5.19. The predicted molar refractivity (Wildman–Crippen MR) is 128 cm³/mol. The van der Waals surface area contributed by atoms with Gasteiger partial charge in [0.2, 0.25) is 0 Å². The summed E-state index contributed by atoms with van der Waals surface area (Å²) in [5, 5.41) is 10.6. The number of anilines is 2. The molecule has 2 N–H and O–H groups in total. The number of piperidine rings is 1. The van der Waals surface area contributed by atoms with Crippen molar-refractivity contribution in [2.75, 3.05) is 43.0 Å². The van der Waals surface area contributed by atoms with E-state index in [1.807, 2.05) is 24.6 Å². The minimum absolute atomic E-state index is 0.468. The predicted octanol–water partition coefficient (Wildman–Crippen LogP) is 3.86. The Morgan fingerprint density at radius 1 is 1.07 bits per heavy atom. The van der Waals surface area contributed by atoms with Crippen molar-refractivity contribution in [2.45, 2.75) is 51.1 Å². The van der Waals surface area contributed by atoms with E-state index in [0.717, 1.165) is 57.3 Å². The van der Waals surface area contributed by atoms with Gasteiger partial charge in [-0.25, -0.2) is 4.98 Å². The molecule has 4 heterocycles. The number of guanidine groups is 1. The quantitative estimate of drug-likeness (QED) is 0.562. The summed E-state index contributed by atoms with van der Waals surface area (Å²) in [6, 6.07) is 9.17. The second kappa shape index (κ2) is 10.7. The Kier molecular flexibility index (Phi) is 7.45. The van der Waals surface area contributed by atoms with E-state index in [1.165, 1.54) is 36.2 Å². The third-order valence-electron chi connectivity index (χ3n) is 6.08. The SMILES string of the molecule is CN=C(NCc1ccc(N2CCCCCC2)nc1)NC1CCN(c2cccs2)CC1. The largest absolute Gasteiger partial charge is 0.363 e. The molecule has 2 aromatic rings. The van der Waals surface area contributed by atoms with Crippen molar-refractivity contribution >= 4 is 28.1 Å². The molecular weight excluding hydrogens is 392 g/mol. The number of hydrogen-bond donors (Lipinski definition) is 2. The minimum Gasteiger partial charge on any atom is -0.363 e. The fraction of sp³-hybridized carbons (Fsp3) is 0.565. The van der Waals surface area contributed by atoms with Crippen LogP contribution in [0.1, 0.15) is 44.1 Å². The fourth-order valence-corrected chi connectivity index (χ4v) is 5.06. The Balaban J connectivity index is 1.22. The van der Waals surface area contributed by atoms with E-state index in [4.69, 9.17) is 4.98 Å². The third kappa shape index (κ3) is 5.65. The summed E-state index contributed by atoms with van der Waals surface area (Å²) in [4.78, 5) is 14.0. The highest BCUT2D eigenvalue weighted by atomic mass is 32.1. The van der Waals surface area contributed by atoms with Gasteiger partial charge in [0, 0.05) is 52.0 Å². The number of aromatic nitrogens is 1. The number of nitrogens with one attached hydrogen (secondary N) is 2. The lowest BCUT2D eigenvalue weighted by atomic mass is 10.1. The van der Waals surface area contributed by atoms with Crippen molar-refractivity contribution in [3.05, 3.63) is 41.4 Å². The van der Waals surface area contributed by atoms with Crippen molar-refractivity contribution in [1.29, 1.82) is 0 Å². The highest BCUT2D eigenvalue weighted by molar-refractivity contribution is 7.14. The van der Waals surface area contributed by atoms with Crippen molar-refractivity contribution in [1.82, 2.24) is 15.6 Å². The van der Waals surface area contributed by atoms with Crippen LogP contribution in [0.5, 0.6) is 0 Å². The van der Waals surface area contributed by atoms with Crippen LogP contribution in [-0.4, -0.2) is 50.2 Å². The van der Waals surface area contributed by atoms with E-state index in [1.54, 1.807) is 0 Å². The molecule has 4 rings (SSSR count). The maximum absolute atomic E-state index is 4.72. The fourth-order valence-electron chi connectivity index (χ4n) is 4.28. The summed E-state index contributed by atoms with van der Waals surface area (Å²) in [5.74, 6) is 1.99. The molecule has 2 aliphatic heterocycles. The van der Waals surface area contributed by atoms with Gasteiger partial charge >= 0.3 is 0 Å². The minimum atomic E-state index is 0.468. The molecule has 0 amide bonds. The molecule has 0 bridgehead atoms. The average Bonchev–Trinajstić information content (AvgIpc) is 3.20. The molecule has 0 atom stereocenters. The highest BCUT2D eigenvalue weighted by Crippen LogP contribution is 2.24. The molecule has 0 unspecified atom stereocenters. The first kappa shape index (κ1) is 21.0. The van der Waals surface area contributed by atoms with Gasteiger partial charge in [-0.05, 0) is 54.8 Å². The van der Waals surface area contributed by atoms with Gasteiger partial charge < -0.3 is 20.4 Å². The van der Waals surface area contributed by atoms with Crippen LogP contribution in [0.4, 0.5) is 10.8 Å². The molecule has 0 radical (unpaired) electrons. The molecule has 0 aliphatic carbocycles. The zero-order valence-corrected chi connectivity index (χ0v) is 18.8. The Labute approximate surface area is 184 Å². The lowest BCUT2D eigenvalue weighted by Crippen LogP contribution is -2.48. The topological polar surface area (TPSA) is 55.8 Å². The number of thiophene rings is 1. The van der Waals surface area contributed by atoms with Crippen LogP contribution >= 0.6 is 11.3 Å². The van der Waals surface area contributed by atoms with Crippen LogP contribution < -0.4 is 20.4 Å². The molecule has 0 aromatic carbocycles. The van der Waals surface area contributed by atoms with E-state index in [0.29, 0.717) is 6.04 Å². The Morgan fingerprint density at radius 2 is 1.87 bits per heavy atom. The number of pyridine rings is 1. The maximum atomic E-state index is 4.72. The van der Waals surface area contributed by atoms with E-state index >= 15 is 0 Å². The summed E-state index contributed by atoms with van der Waals surface area (Å²) < 4.78 is 0. The maximum Gasteiger partial charge on any atom is 0.191 e. The summed E-state index contributed by atoms with van der Waals surface area (Å²) in [7, 11) is 1.84. The molecule has 7 heteroatoms. The number of hydrogen-bond acceptors (Lipinski definition) is 5. The average molecular weight is 427 g/mol. The summed E-state index contributed by atoms with van der Waals surface area (Å²) in [5.41, 5.74) is 1.18. The smallest absolute Gasteiger partial charge is 0.191 e. The highest BCUT2D eigenvalue weighted by Gasteiger charge is 2.20. The van der Waals surface area contributed by atoms with E-state index in [2.05, 4.69) is 55.1 Å². The molecule has 6 nitrogen and oxygen atoms in total. The molecule has 2 saturated heterocycles. The molecule has 30 heavy (non-hydrogen) atoms. The normalized spacial score (nSPS) is 18.9. The summed E-state index contributed by atoms with van der Waals surface area (Å²) in [6.07, 6.45) is 9.50. The van der Waals surface area contributed by atoms with Gasteiger partial charge in [-0.1, -0.05) is 18.9 Å². The van der Waals surface area contributed by atoms with Crippen LogP contribution in [0.25, 0.3) is 0 Å². The molecule has 0 spiro atoms. The number of aliphatic imine (C=N–C) groups is 1. The summed E-state index contributed by atoms with van der Waals surface area (Å²) >= 11 is 1.83. The first-order chi connectivity index (χ1) is 14.8. The lowest BCUT2D eigenvalue weighted by Gasteiger charge is -2.33. The lowest BCUT2D eigenvalue weighted by molar-refractivity contribution is 0.463. The second-order valence-corrected chi connectivity index (χ2v) is 9.13. The second-order valence-electron chi connectivity index (χ2n) is 8.21. The van der Waals surface area contributed by atoms with Crippen LogP contribution in [0.15, 0.2) is 40.8 Å². The molecular formula is C23H34N6S. The third-order valence-corrected chi connectivity index (χ3v) is 7.01. The zero-order chi connectivity index (χ0) is 20.6. The van der Waals surface area contributed by atoms with Gasteiger partial charge in [-0.3, -0.25) is 4.99 Å². The van der Waals surface area contributed by atoms with Crippen molar-refractivity contribution in [3.8, 4) is 0 Å². The molecule has 2 aromatic heterocycles. The number of nitrogens with zero attached hydrogens (tertiary/aromatic N) is 4. The van der Waals surface area contributed by atoms with E-state index in [9.17, 15) is 0 Å². The van der Waals surface area contributed by atoms with Gasteiger partial charge in [0.25, 0.3) is 0 Å². The van der Waals surface area contributed by atoms with Gasteiger partial charge in [0.05, 0.1) is 5.00 Å². The Bertz CT molecular complexity index is 773. The Hall–Kier alpha value is -2.28. The van der Waals surface area contributed by atoms with Gasteiger partial charge in [-0.2, -0.15) is 0 Å². The van der Waals surface area contributed by atoms with Crippen LogP contribution in [0, 0.1) is 0 Å². The van der Waals surface area contributed by atoms with Gasteiger partial charge in [0.1, 0.15) is 5.82 Å². The van der Waals surface area contributed by atoms with Crippen molar-refractivity contribution < 1.29 is 0 Å². The van der Waals surface area contributed by atoms with Crippen LogP contribution in [-0.2, 0) is 6.54 Å². The Morgan fingerprint density at radius 3 is 2.50 bits per heavy atom. The van der Waals surface area contributed by atoms with Crippen LogP contribution in [0.2, 0.25) is 0 Å². The van der Waals surface area contributed by atoms with E-state index in [-0.39, 0.29) is 0 Å². The molecule has 2 aliphatic rings. The molecule has 162 valence electrons. The van der Waals surface area contributed by atoms with Crippen molar-refractivity contribution in [2.24, 2.45) is 4.99 Å². The van der Waals surface area contributed by atoms with Crippen LogP contribution in [0.3, 0.4) is 0 Å². The van der Waals surface area contributed by atoms with Crippen molar-refractivity contribution in [3.63, 3.8) is 0 Å².